The summed E-state index contributed by atoms with van der Waals surface area (Å²) in [6.45, 7) is 7.91. The largest absolute Gasteiger partial charge is 0.379 e. The van der Waals surface area contributed by atoms with Crippen molar-refractivity contribution in [1.82, 2.24) is 15.4 Å². The first-order valence-corrected chi connectivity index (χ1v) is 6.44. The lowest BCUT2D eigenvalue weighted by atomic mass is 10.3. The molecule has 1 fully saturated rings. The van der Waals surface area contributed by atoms with Gasteiger partial charge in [0.1, 0.15) is 5.76 Å². The zero-order chi connectivity index (χ0) is 13.7. The maximum absolute atomic E-state index is 11.7. The van der Waals surface area contributed by atoms with Crippen molar-refractivity contribution in [2.24, 2.45) is 0 Å². The summed E-state index contributed by atoms with van der Waals surface area (Å²) in [4.78, 5) is 14.0. The fraction of sp³-hybridized carbons (Fsp3) is 0.667. The minimum absolute atomic E-state index is 0.0612. The van der Waals surface area contributed by atoms with E-state index in [1.54, 1.807) is 13.0 Å². The molecule has 0 bridgehead atoms. The zero-order valence-electron chi connectivity index (χ0n) is 11.3. The van der Waals surface area contributed by atoms with E-state index in [1.807, 2.05) is 6.92 Å². The fourth-order valence-corrected chi connectivity index (χ4v) is 2.02. The Labute approximate surface area is 112 Å². The van der Waals surface area contributed by atoms with Crippen LogP contribution < -0.4 is 10.6 Å². The molecule has 2 amide bonds. The minimum atomic E-state index is -0.269. The Morgan fingerprint density at radius 2 is 2.26 bits per heavy atom. The van der Waals surface area contributed by atoms with Crippen LogP contribution >= 0.6 is 0 Å². The van der Waals surface area contributed by atoms with E-state index in [4.69, 9.17) is 9.26 Å². The molecule has 1 saturated heterocycles. The third kappa shape index (κ3) is 4.53. The van der Waals surface area contributed by atoms with Crippen LogP contribution in [0.1, 0.15) is 12.7 Å². The van der Waals surface area contributed by atoms with Gasteiger partial charge >= 0.3 is 6.03 Å². The van der Waals surface area contributed by atoms with Crippen LogP contribution in [0, 0.1) is 6.92 Å². The van der Waals surface area contributed by atoms with E-state index in [1.165, 1.54) is 0 Å². The van der Waals surface area contributed by atoms with Gasteiger partial charge in [-0.15, -0.1) is 0 Å². The molecule has 7 nitrogen and oxygen atoms in total. The van der Waals surface area contributed by atoms with Crippen molar-refractivity contribution in [2.75, 3.05) is 38.2 Å². The lowest BCUT2D eigenvalue weighted by molar-refractivity contribution is 0.0350. The predicted octanol–water partition coefficient (Wildman–Crippen LogP) is 0.825. The molecule has 106 valence electrons. The summed E-state index contributed by atoms with van der Waals surface area (Å²) >= 11 is 0. The third-order valence-corrected chi connectivity index (χ3v) is 2.88. The normalized spacial score (nSPS) is 18.0. The van der Waals surface area contributed by atoms with E-state index in [0.717, 1.165) is 32.8 Å². The SMILES string of the molecule is Cc1cc(NC(=O)N[C@@H](C)CN2CCOCC2)no1. The molecule has 2 N–H and O–H groups in total. The van der Waals surface area contributed by atoms with Gasteiger partial charge in [0.05, 0.1) is 13.2 Å². The summed E-state index contributed by atoms with van der Waals surface area (Å²) in [5.41, 5.74) is 0. The Morgan fingerprint density at radius 3 is 2.89 bits per heavy atom. The molecular weight excluding hydrogens is 248 g/mol. The monoisotopic (exact) mass is 268 g/mol. The van der Waals surface area contributed by atoms with Gasteiger partial charge in [0, 0.05) is 31.7 Å². The molecular formula is C12H20N4O3. The number of aryl methyl sites for hydroxylation is 1. The predicted molar refractivity (Wildman–Crippen MR) is 70.1 cm³/mol. The molecule has 0 spiro atoms. The van der Waals surface area contributed by atoms with Crippen molar-refractivity contribution in [1.29, 1.82) is 0 Å². The molecule has 0 radical (unpaired) electrons. The highest BCUT2D eigenvalue weighted by molar-refractivity contribution is 5.88. The van der Waals surface area contributed by atoms with Crippen LogP contribution in [-0.4, -0.2) is 55.0 Å². The van der Waals surface area contributed by atoms with Gasteiger partial charge in [-0.3, -0.25) is 10.2 Å². The van der Waals surface area contributed by atoms with Crippen molar-refractivity contribution in [3.8, 4) is 0 Å². The molecule has 0 aromatic carbocycles. The zero-order valence-corrected chi connectivity index (χ0v) is 11.3. The number of morpholine rings is 1. The van der Waals surface area contributed by atoms with Gasteiger partial charge < -0.3 is 14.6 Å². The molecule has 0 aliphatic carbocycles. The Kier molecular flexibility index (Phi) is 4.75. The van der Waals surface area contributed by atoms with E-state index in [0.29, 0.717) is 11.6 Å². The second kappa shape index (κ2) is 6.53. The molecule has 19 heavy (non-hydrogen) atoms. The van der Waals surface area contributed by atoms with Crippen molar-refractivity contribution >= 4 is 11.8 Å². The second-order valence-corrected chi connectivity index (χ2v) is 4.74. The van der Waals surface area contributed by atoms with Gasteiger partial charge in [-0.25, -0.2) is 4.79 Å². The summed E-state index contributed by atoms with van der Waals surface area (Å²) in [6, 6.07) is 1.46. The van der Waals surface area contributed by atoms with Crippen molar-refractivity contribution < 1.29 is 14.1 Å². The molecule has 1 atom stereocenters. The van der Waals surface area contributed by atoms with Crippen LogP contribution in [0.4, 0.5) is 10.6 Å². The number of carbonyl (C=O) groups is 1. The molecule has 0 saturated carbocycles. The summed E-state index contributed by atoms with van der Waals surface area (Å²) in [5.74, 6) is 1.09. The minimum Gasteiger partial charge on any atom is -0.379 e. The average Bonchev–Trinajstić information content (AvgIpc) is 2.75. The molecule has 1 aromatic heterocycles. The van der Waals surface area contributed by atoms with Gasteiger partial charge in [-0.1, -0.05) is 5.16 Å². The highest BCUT2D eigenvalue weighted by Gasteiger charge is 2.15. The maximum atomic E-state index is 11.7. The van der Waals surface area contributed by atoms with Crippen molar-refractivity contribution in [2.45, 2.75) is 19.9 Å². The number of aromatic nitrogens is 1. The number of hydrogen-bond donors (Lipinski definition) is 2. The quantitative estimate of drug-likeness (QED) is 0.845. The van der Waals surface area contributed by atoms with E-state index in [-0.39, 0.29) is 12.1 Å². The van der Waals surface area contributed by atoms with E-state index >= 15 is 0 Å². The number of nitrogens with zero attached hydrogens (tertiary/aromatic N) is 2. The van der Waals surface area contributed by atoms with Gasteiger partial charge in [-0.05, 0) is 13.8 Å². The van der Waals surface area contributed by atoms with E-state index in [9.17, 15) is 4.79 Å². The van der Waals surface area contributed by atoms with Crippen LogP contribution in [-0.2, 0) is 4.74 Å². The molecule has 0 unspecified atom stereocenters. The van der Waals surface area contributed by atoms with Crippen LogP contribution in [0.2, 0.25) is 0 Å². The topological polar surface area (TPSA) is 79.6 Å². The van der Waals surface area contributed by atoms with Crippen LogP contribution in [0.5, 0.6) is 0 Å². The van der Waals surface area contributed by atoms with Crippen LogP contribution in [0.25, 0.3) is 0 Å². The molecule has 1 aromatic rings. The second-order valence-electron chi connectivity index (χ2n) is 4.74. The van der Waals surface area contributed by atoms with Gasteiger partial charge in [0.15, 0.2) is 5.82 Å². The van der Waals surface area contributed by atoms with Gasteiger partial charge in [-0.2, -0.15) is 0 Å². The van der Waals surface area contributed by atoms with Crippen LogP contribution in [0.15, 0.2) is 10.6 Å². The summed E-state index contributed by atoms with van der Waals surface area (Å²) < 4.78 is 10.2. The number of urea groups is 1. The first-order valence-electron chi connectivity index (χ1n) is 6.44. The Hall–Kier alpha value is -1.60. The number of nitrogens with one attached hydrogen (secondary N) is 2. The molecule has 7 heteroatoms. The van der Waals surface area contributed by atoms with E-state index in [2.05, 4.69) is 20.7 Å². The molecule has 2 heterocycles. The number of ether oxygens (including phenoxy) is 1. The highest BCUT2D eigenvalue weighted by atomic mass is 16.5. The number of rotatable bonds is 4. The summed E-state index contributed by atoms with van der Waals surface area (Å²) in [6.07, 6.45) is 0. The average molecular weight is 268 g/mol. The fourth-order valence-electron chi connectivity index (χ4n) is 2.02. The van der Waals surface area contributed by atoms with Crippen molar-refractivity contribution in [3.63, 3.8) is 0 Å². The lowest BCUT2D eigenvalue weighted by Crippen LogP contribution is -2.47. The summed E-state index contributed by atoms with van der Waals surface area (Å²) in [7, 11) is 0. The number of anilines is 1. The lowest BCUT2D eigenvalue weighted by Gasteiger charge is -2.29. The van der Waals surface area contributed by atoms with Gasteiger partial charge in [0.25, 0.3) is 0 Å². The first-order chi connectivity index (χ1) is 9.13. The Balaban J connectivity index is 1.71. The standard InChI is InChI=1S/C12H20N4O3/c1-9(8-16-3-5-18-6-4-16)13-12(17)14-11-7-10(2)19-15-11/h7,9H,3-6,8H2,1-2H3,(H2,13,14,15,17)/t9-/m0/s1. The Bertz CT molecular complexity index is 415. The molecule has 2 rings (SSSR count). The van der Waals surface area contributed by atoms with Gasteiger partial charge in [0.2, 0.25) is 0 Å². The molecule has 1 aliphatic rings. The van der Waals surface area contributed by atoms with Crippen molar-refractivity contribution in [3.05, 3.63) is 11.8 Å². The maximum Gasteiger partial charge on any atom is 0.320 e. The number of amides is 2. The number of carbonyl (C=O) groups excluding carboxylic acids is 1. The third-order valence-electron chi connectivity index (χ3n) is 2.88. The first kappa shape index (κ1) is 13.8. The highest BCUT2D eigenvalue weighted by Crippen LogP contribution is 2.06. The summed E-state index contributed by atoms with van der Waals surface area (Å²) in [5, 5.41) is 9.21. The molecule has 1 aliphatic heterocycles. The van der Waals surface area contributed by atoms with E-state index < -0.39 is 0 Å². The Morgan fingerprint density at radius 1 is 1.53 bits per heavy atom. The number of hydrogen-bond acceptors (Lipinski definition) is 5. The van der Waals surface area contributed by atoms with Crippen LogP contribution in [0.3, 0.4) is 0 Å². The smallest absolute Gasteiger partial charge is 0.320 e.